The number of anilines is 2. The number of carbonyl (C=O) groups excluding carboxylic acids is 1. The van der Waals surface area contributed by atoms with Crippen LogP contribution in [0.15, 0.2) is 73.1 Å². The number of fused-ring (bicyclic) bond motifs is 3. The van der Waals surface area contributed by atoms with Gasteiger partial charge in [0, 0.05) is 56.0 Å². The van der Waals surface area contributed by atoms with E-state index in [9.17, 15) is 4.79 Å². The summed E-state index contributed by atoms with van der Waals surface area (Å²) in [4.78, 5) is 22.3. The Morgan fingerprint density at radius 1 is 1.09 bits per heavy atom. The van der Waals surface area contributed by atoms with Crippen molar-refractivity contribution in [2.45, 2.75) is 19.0 Å². The van der Waals surface area contributed by atoms with Gasteiger partial charge in [-0.25, -0.2) is 0 Å². The van der Waals surface area contributed by atoms with Crippen molar-refractivity contribution in [3.05, 3.63) is 84.2 Å². The fraction of sp³-hybridized carbons (Fsp3) is 0.308. The molecule has 3 heterocycles. The van der Waals surface area contributed by atoms with E-state index in [0.29, 0.717) is 6.54 Å². The highest BCUT2D eigenvalue weighted by molar-refractivity contribution is 5.82. The minimum atomic E-state index is -0.111. The van der Waals surface area contributed by atoms with Crippen LogP contribution in [0.25, 0.3) is 0 Å². The molecule has 2 aliphatic heterocycles. The van der Waals surface area contributed by atoms with Gasteiger partial charge in [-0.2, -0.15) is 0 Å². The molecule has 164 valence electrons. The van der Waals surface area contributed by atoms with Crippen molar-refractivity contribution >= 4 is 17.3 Å². The summed E-state index contributed by atoms with van der Waals surface area (Å²) in [6.45, 7) is 3.11. The van der Waals surface area contributed by atoms with Gasteiger partial charge >= 0.3 is 0 Å². The van der Waals surface area contributed by atoms with E-state index in [1.54, 1.807) is 19.5 Å². The zero-order valence-corrected chi connectivity index (χ0v) is 18.3. The zero-order valence-electron chi connectivity index (χ0n) is 18.3. The molecular formula is C26H28N4O2. The number of aromatic nitrogens is 1. The van der Waals surface area contributed by atoms with Crippen molar-refractivity contribution in [3.63, 3.8) is 0 Å². The largest absolute Gasteiger partial charge is 0.497 e. The molecule has 2 atom stereocenters. The van der Waals surface area contributed by atoms with E-state index in [4.69, 9.17) is 4.74 Å². The first-order chi connectivity index (χ1) is 15.7. The maximum absolute atomic E-state index is 13.4. The standard InChI is InChI=1S/C26H28N4O2/c1-32-22-7-4-6-21(16-22)29-13-14-30-24-8-3-2-5-20(24)15-23(25(30)18-29)26(31)28-17-19-9-11-27-12-10-19/h2-12,16,23,25H,13-15,17-18H2,1H3,(H,28,31)/t23-,25+/m1/s1. The number of ether oxygens (including phenoxy) is 1. The normalized spacial score (nSPS) is 19.7. The summed E-state index contributed by atoms with van der Waals surface area (Å²) in [6.07, 6.45) is 4.27. The molecule has 0 radical (unpaired) electrons. The van der Waals surface area contributed by atoms with E-state index in [1.165, 1.54) is 11.3 Å². The Kier molecular flexibility index (Phi) is 5.67. The lowest BCUT2D eigenvalue weighted by Crippen LogP contribution is -2.61. The second-order valence-corrected chi connectivity index (χ2v) is 8.42. The summed E-state index contributed by atoms with van der Waals surface area (Å²) in [5.74, 6) is 0.851. The molecule has 2 aliphatic rings. The molecule has 1 saturated heterocycles. The smallest absolute Gasteiger partial charge is 0.225 e. The first-order valence-corrected chi connectivity index (χ1v) is 11.1. The SMILES string of the molecule is COc1cccc(N2CCN3c4ccccc4C[C@@H](C(=O)NCc4ccncc4)[C@@H]3C2)c1. The lowest BCUT2D eigenvalue weighted by molar-refractivity contribution is -0.126. The highest BCUT2D eigenvalue weighted by Crippen LogP contribution is 2.37. The third-order valence-corrected chi connectivity index (χ3v) is 6.60. The number of rotatable bonds is 5. The molecule has 2 aromatic carbocycles. The van der Waals surface area contributed by atoms with E-state index in [2.05, 4.69) is 56.5 Å². The van der Waals surface area contributed by atoms with Crippen LogP contribution in [0.4, 0.5) is 11.4 Å². The number of methoxy groups -OCH3 is 1. The molecule has 6 nitrogen and oxygen atoms in total. The number of pyridine rings is 1. The zero-order chi connectivity index (χ0) is 21.9. The Balaban J connectivity index is 1.40. The van der Waals surface area contributed by atoms with E-state index >= 15 is 0 Å². The van der Waals surface area contributed by atoms with Gasteiger partial charge in [0.1, 0.15) is 5.75 Å². The summed E-state index contributed by atoms with van der Waals surface area (Å²) in [5, 5.41) is 3.17. The summed E-state index contributed by atoms with van der Waals surface area (Å²) in [6, 6.07) is 20.7. The van der Waals surface area contributed by atoms with Gasteiger partial charge in [0.15, 0.2) is 0 Å². The monoisotopic (exact) mass is 428 g/mol. The molecule has 1 fully saturated rings. The molecule has 1 amide bonds. The van der Waals surface area contributed by atoms with E-state index in [-0.39, 0.29) is 17.9 Å². The average molecular weight is 429 g/mol. The van der Waals surface area contributed by atoms with E-state index < -0.39 is 0 Å². The summed E-state index contributed by atoms with van der Waals surface area (Å²) in [7, 11) is 1.69. The lowest BCUT2D eigenvalue weighted by atomic mass is 9.83. The minimum absolute atomic E-state index is 0.110. The van der Waals surface area contributed by atoms with Crippen molar-refractivity contribution in [3.8, 4) is 5.75 Å². The number of piperazine rings is 1. The quantitative estimate of drug-likeness (QED) is 0.676. The van der Waals surface area contributed by atoms with Crippen molar-refractivity contribution in [1.29, 1.82) is 0 Å². The fourth-order valence-corrected chi connectivity index (χ4v) is 4.92. The Hall–Kier alpha value is -3.54. The Morgan fingerprint density at radius 3 is 2.78 bits per heavy atom. The third-order valence-electron chi connectivity index (χ3n) is 6.60. The molecule has 1 aromatic heterocycles. The van der Waals surface area contributed by atoms with Crippen molar-refractivity contribution in [1.82, 2.24) is 10.3 Å². The molecule has 3 aromatic rings. The van der Waals surface area contributed by atoms with Crippen LogP contribution >= 0.6 is 0 Å². The number of para-hydroxylation sites is 1. The predicted molar refractivity (Wildman–Crippen MR) is 126 cm³/mol. The maximum atomic E-state index is 13.4. The van der Waals surface area contributed by atoms with Gasteiger partial charge in [0.05, 0.1) is 19.1 Å². The van der Waals surface area contributed by atoms with Crippen LogP contribution in [0.5, 0.6) is 5.75 Å². The van der Waals surface area contributed by atoms with Gasteiger partial charge in [0.25, 0.3) is 0 Å². The summed E-state index contributed by atoms with van der Waals surface area (Å²) >= 11 is 0. The Morgan fingerprint density at radius 2 is 1.94 bits per heavy atom. The number of nitrogens with one attached hydrogen (secondary N) is 1. The number of hydrogen-bond acceptors (Lipinski definition) is 5. The summed E-state index contributed by atoms with van der Waals surface area (Å²) < 4.78 is 5.43. The van der Waals surface area contributed by atoms with Gasteiger partial charge in [-0.05, 0) is 47.9 Å². The highest BCUT2D eigenvalue weighted by Gasteiger charge is 2.41. The van der Waals surface area contributed by atoms with Gasteiger partial charge in [0.2, 0.25) is 5.91 Å². The van der Waals surface area contributed by atoms with Gasteiger partial charge in [-0.15, -0.1) is 0 Å². The van der Waals surface area contributed by atoms with Crippen molar-refractivity contribution < 1.29 is 9.53 Å². The first-order valence-electron chi connectivity index (χ1n) is 11.1. The Labute approximate surface area is 188 Å². The van der Waals surface area contributed by atoms with Gasteiger partial charge in [-0.1, -0.05) is 24.3 Å². The molecule has 32 heavy (non-hydrogen) atoms. The van der Waals surface area contributed by atoms with Crippen LogP contribution in [0.1, 0.15) is 11.1 Å². The number of carbonyl (C=O) groups is 1. The second kappa shape index (κ2) is 8.91. The summed E-state index contributed by atoms with van der Waals surface area (Å²) in [5.41, 5.74) is 4.71. The molecule has 0 bridgehead atoms. The third kappa shape index (κ3) is 4.00. The number of benzene rings is 2. The lowest BCUT2D eigenvalue weighted by Gasteiger charge is -2.49. The first kappa shape index (κ1) is 20.4. The van der Waals surface area contributed by atoms with Crippen molar-refractivity contribution in [2.75, 3.05) is 36.5 Å². The molecule has 6 heteroatoms. The molecule has 1 N–H and O–H groups in total. The molecule has 0 unspecified atom stereocenters. The van der Waals surface area contributed by atoms with Crippen LogP contribution in [-0.4, -0.2) is 43.7 Å². The highest BCUT2D eigenvalue weighted by atomic mass is 16.5. The number of amides is 1. The average Bonchev–Trinajstić information content (AvgIpc) is 2.87. The van der Waals surface area contributed by atoms with Crippen LogP contribution in [-0.2, 0) is 17.8 Å². The number of nitrogens with zero attached hydrogens (tertiary/aromatic N) is 3. The van der Waals surface area contributed by atoms with Gasteiger partial charge < -0.3 is 19.9 Å². The van der Waals surface area contributed by atoms with E-state index in [1.807, 2.05) is 24.3 Å². The van der Waals surface area contributed by atoms with Crippen LogP contribution in [0, 0.1) is 5.92 Å². The number of hydrogen-bond donors (Lipinski definition) is 1. The van der Waals surface area contributed by atoms with E-state index in [0.717, 1.165) is 43.1 Å². The molecule has 0 saturated carbocycles. The molecule has 0 spiro atoms. The minimum Gasteiger partial charge on any atom is -0.497 e. The topological polar surface area (TPSA) is 57.7 Å². The van der Waals surface area contributed by atoms with Crippen LogP contribution in [0.2, 0.25) is 0 Å². The predicted octanol–water partition coefficient (Wildman–Crippen LogP) is 3.27. The molecule has 0 aliphatic carbocycles. The fourth-order valence-electron chi connectivity index (χ4n) is 4.92. The Bertz CT molecular complexity index is 1090. The van der Waals surface area contributed by atoms with Crippen LogP contribution < -0.4 is 19.9 Å². The van der Waals surface area contributed by atoms with Crippen molar-refractivity contribution in [2.24, 2.45) is 5.92 Å². The molecular weight excluding hydrogens is 400 g/mol. The van der Waals surface area contributed by atoms with Gasteiger partial charge in [-0.3, -0.25) is 9.78 Å². The van der Waals surface area contributed by atoms with Crippen LogP contribution in [0.3, 0.4) is 0 Å². The molecule has 5 rings (SSSR count). The second-order valence-electron chi connectivity index (χ2n) is 8.42. The maximum Gasteiger partial charge on any atom is 0.225 e.